The summed E-state index contributed by atoms with van der Waals surface area (Å²) >= 11 is 0. The Labute approximate surface area is 88.7 Å². The van der Waals surface area contributed by atoms with Gasteiger partial charge >= 0.3 is 0 Å². The summed E-state index contributed by atoms with van der Waals surface area (Å²) in [4.78, 5) is 4.14. The molecule has 0 aliphatic heterocycles. The van der Waals surface area contributed by atoms with Crippen LogP contribution in [0.2, 0.25) is 0 Å². The lowest BCUT2D eigenvalue weighted by Gasteiger charge is -2.10. The molecule has 2 fully saturated rings. The zero-order valence-electron chi connectivity index (χ0n) is 8.62. The van der Waals surface area contributed by atoms with Crippen LogP contribution in [0.4, 0.5) is 4.39 Å². The van der Waals surface area contributed by atoms with Crippen molar-refractivity contribution >= 4 is 0 Å². The maximum Gasteiger partial charge on any atom is 0.141 e. The van der Waals surface area contributed by atoms with Crippen LogP contribution in [0.25, 0.3) is 0 Å². The third-order valence-electron chi connectivity index (χ3n) is 4.05. The maximum absolute atomic E-state index is 12.8. The number of hydrogen-bond acceptors (Lipinski definition) is 2. The van der Waals surface area contributed by atoms with E-state index in [1.54, 1.807) is 6.07 Å². The van der Waals surface area contributed by atoms with Crippen molar-refractivity contribution in [3.8, 4) is 0 Å². The van der Waals surface area contributed by atoms with Gasteiger partial charge in [0, 0.05) is 0 Å². The van der Waals surface area contributed by atoms with Crippen LogP contribution < -0.4 is 5.73 Å². The lowest BCUT2D eigenvalue weighted by Crippen LogP contribution is -2.25. The van der Waals surface area contributed by atoms with Crippen LogP contribution in [0.3, 0.4) is 0 Å². The van der Waals surface area contributed by atoms with Gasteiger partial charge in [-0.3, -0.25) is 4.98 Å². The fourth-order valence-corrected chi connectivity index (χ4v) is 3.18. The quantitative estimate of drug-likeness (QED) is 0.765. The molecule has 2 aliphatic rings. The number of fused-ring (bicyclic) bond motifs is 1. The van der Waals surface area contributed by atoms with Crippen molar-refractivity contribution in [1.82, 2.24) is 4.98 Å². The summed E-state index contributed by atoms with van der Waals surface area (Å²) < 4.78 is 12.8. The maximum atomic E-state index is 12.8. The standard InChI is InChI=1S/C12H15FN2/c13-8-5-6-11(15-7-8)12(14)9-3-1-2-4-10(9)12/h5-7,9-10H,1-4,14H2. The molecule has 80 valence electrons. The largest absolute Gasteiger partial charge is 0.320 e. The Balaban J connectivity index is 1.91. The van der Waals surface area contributed by atoms with Crippen molar-refractivity contribution < 1.29 is 4.39 Å². The summed E-state index contributed by atoms with van der Waals surface area (Å²) in [6, 6.07) is 3.20. The van der Waals surface area contributed by atoms with Crippen LogP contribution in [-0.4, -0.2) is 4.98 Å². The van der Waals surface area contributed by atoms with Crippen LogP contribution in [0, 0.1) is 17.7 Å². The number of pyridine rings is 1. The highest BCUT2D eigenvalue weighted by molar-refractivity contribution is 5.30. The first-order chi connectivity index (χ1) is 7.23. The van der Waals surface area contributed by atoms with Crippen LogP contribution in [0.5, 0.6) is 0 Å². The molecule has 2 N–H and O–H groups in total. The monoisotopic (exact) mass is 206 g/mol. The van der Waals surface area contributed by atoms with Crippen LogP contribution in [0.15, 0.2) is 18.3 Å². The lowest BCUT2D eigenvalue weighted by molar-refractivity contribution is 0.480. The molecule has 2 nitrogen and oxygen atoms in total. The van der Waals surface area contributed by atoms with E-state index in [1.165, 1.54) is 37.9 Å². The summed E-state index contributed by atoms with van der Waals surface area (Å²) in [5.41, 5.74) is 7.01. The first-order valence-corrected chi connectivity index (χ1v) is 5.64. The van der Waals surface area contributed by atoms with Gasteiger partial charge in [0.15, 0.2) is 0 Å². The van der Waals surface area contributed by atoms with Gasteiger partial charge in [-0.15, -0.1) is 0 Å². The van der Waals surface area contributed by atoms with Gasteiger partial charge in [0.1, 0.15) is 5.82 Å². The van der Waals surface area contributed by atoms with E-state index in [-0.39, 0.29) is 11.4 Å². The van der Waals surface area contributed by atoms with Crippen molar-refractivity contribution in [2.75, 3.05) is 0 Å². The van der Waals surface area contributed by atoms with Gasteiger partial charge < -0.3 is 5.73 Å². The fraction of sp³-hybridized carbons (Fsp3) is 0.583. The van der Waals surface area contributed by atoms with E-state index in [0.29, 0.717) is 11.8 Å². The molecule has 1 heterocycles. The average Bonchev–Trinajstić information content (AvgIpc) is 2.88. The smallest absolute Gasteiger partial charge is 0.141 e. The molecule has 0 saturated heterocycles. The third kappa shape index (κ3) is 1.22. The zero-order chi connectivity index (χ0) is 10.5. The average molecular weight is 206 g/mol. The topological polar surface area (TPSA) is 38.9 Å². The van der Waals surface area contributed by atoms with Gasteiger partial charge in [0.25, 0.3) is 0 Å². The van der Waals surface area contributed by atoms with Crippen molar-refractivity contribution in [3.05, 3.63) is 29.8 Å². The molecule has 15 heavy (non-hydrogen) atoms. The van der Waals surface area contributed by atoms with Gasteiger partial charge in [-0.05, 0) is 36.8 Å². The molecule has 2 aliphatic carbocycles. The first kappa shape index (κ1) is 9.28. The summed E-state index contributed by atoms with van der Waals surface area (Å²) in [6.45, 7) is 0. The molecule has 3 heteroatoms. The number of rotatable bonds is 1. The number of hydrogen-bond donors (Lipinski definition) is 1. The molecule has 2 saturated carbocycles. The van der Waals surface area contributed by atoms with E-state index in [1.807, 2.05) is 0 Å². The Hall–Kier alpha value is -0.960. The van der Waals surface area contributed by atoms with Crippen LogP contribution in [-0.2, 0) is 5.54 Å². The Bertz CT molecular complexity index is 362. The van der Waals surface area contributed by atoms with E-state index < -0.39 is 0 Å². The van der Waals surface area contributed by atoms with Gasteiger partial charge in [-0.25, -0.2) is 4.39 Å². The number of nitrogens with zero attached hydrogens (tertiary/aromatic N) is 1. The van der Waals surface area contributed by atoms with Gasteiger partial charge in [0.2, 0.25) is 0 Å². The Morgan fingerprint density at radius 2 is 1.93 bits per heavy atom. The summed E-state index contributed by atoms with van der Waals surface area (Å²) in [5, 5.41) is 0. The highest BCUT2D eigenvalue weighted by Gasteiger charge is 2.63. The Morgan fingerprint density at radius 1 is 1.27 bits per heavy atom. The van der Waals surface area contributed by atoms with E-state index >= 15 is 0 Å². The van der Waals surface area contributed by atoms with E-state index in [4.69, 9.17) is 5.73 Å². The minimum absolute atomic E-state index is 0.246. The second kappa shape index (κ2) is 3.01. The number of nitrogens with two attached hydrogens (primary N) is 1. The van der Waals surface area contributed by atoms with Gasteiger partial charge in [-0.1, -0.05) is 12.8 Å². The number of halogens is 1. The summed E-state index contributed by atoms with van der Waals surface area (Å²) in [5.74, 6) is 0.888. The predicted molar refractivity (Wildman–Crippen MR) is 55.5 cm³/mol. The van der Waals surface area contributed by atoms with Gasteiger partial charge in [-0.2, -0.15) is 0 Å². The molecule has 3 rings (SSSR count). The van der Waals surface area contributed by atoms with Crippen molar-refractivity contribution in [3.63, 3.8) is 0 Å². The van der Waals surface area contributed by atoms with Gasteiger partial charge in [0.05, 0.1) is 17.4 Å². The van der Waals surface area contributed by atoms with Crippen LogP contribution >= 0.6 is 0 Å². The molecule has 0 spiro atoms. The molecule has 2 atom stereocenters. The lowest BCUT2D eigenvalue weighted by atomic mass is 10.0. The molecule has 1 aromatic heterocycles. The predicted octanol–water partition coefficient (Wildman–Crippen LogP) is 2.19. The number of aromatic nitrogens is 1. The summed E-state index contributed by atoms with van der Waals surface area (Å²) in [6.07, 6.45) is 6.25. The zero-order valence-corrected chi connectivity index (χ0v) is 8.62. The van der Waals surface area contributed by atoms with Crippen molar-refractivity contribution in [2.45, 2.75) is 31.2 Å². The van der Waals surface area contributed by atoms with E-state index in [0.717, 1.165) is 5.69 Å². The normalized spacial score (nSPS) is 38.5. The third-order valence-corrected chi connectivity index (χ3v) is 4.05. The molecule has 0 amide bonds. The first-order valence-electron chi connectivity index (χ1n) is 5.64. The van der Waals surface area contributed by atoms with Crippen molar-refractivity contribution in [1.29, 1.82) is 0 Å². The molecular formula is C12H15FN2. The summed E-state index contributed by atoms with van der Waals surface area (Å²) in [7, 11) is 0. The molecule has 1 aromatic rings. The Morgan fingerprint density at radius 3 is 2.47 bits per heavy atom. The molecule has 0 bridgehead atoms. The molecule has 2 unspecified atom stereocenters. The highest BCUT2D eigenvalue weighted by Crippen LogP contribution is 2.62. The minimum atomic E-state index is -0.286. The van der Waals surface area contributed by atoms with E-state index in [2.05, 4.69) is 4.98 Å². The second-order valence-electron chi connectivity index (χ2n) is 4.79. The van der Waals surface area contributed by atoms with E-state index in [9.17, 15) is 4.39 Å². The van der Waals surface area contributed by atoms with Crippen LogP contribution in [0.1, 0.15) is 31.4 Å². The van der Waals surface area contributed by atoms with Crippen molar-refractivity contribution in [2.24, 2.45) is 17.6 Å². The fourth-order valence-electron chi connectivity index (χ4n) is 3.18. The highest BCUT2D eigenvalue weighted by atomic mass is 19.1. The second-order valence-corrected chi connectivity index (χ2v) is 4.79. The Kier molecular flexibility index (Phi) is 1.87. The minimum Gasteiger partial charge on any atom is -0.320 e. The molecule has 0 aromatic carbocycles. The molecule has 0 radical (unpaired) electrons. The SMILES string of the molecule is NC1(c2ccc(F)cn2)C2CCCCC21. The molecular weight excluding hydrogens is 191 g/mol.